The Balaban J connectivity index is 1.46. The standard InChI is InChI=1S/C66H99O11P/c1-5-9-11-13-15-17-19-21-23-25-27-29-40-48-61(67)71-53-58(76-62(68)49-41-30-28-26-24-22-20-18-16-14-12-10-6-2)54-75-78(70,74-52-57-46-38-33-39-47-57)77-66-63(69)64(72-50-55-42-34-31-35-43-55)59(7-3)60(8-4)65(66)73-51-56-44-36-32-37-45-56/h7-8,31-39,42-47,58-60,64-66H,3-6,9-30,40-41,48-54H2,1-2H3/t58-,59?,60?,64?,65?,66?,78?/m1/s1. The van der Waals surface area contributed by atoms with Crippen molar-refractivity contribution in [2.75, 3.05) is 13.2 Å². The lowest BCUT2D eigenvalue weighted by Crippen LogP contribution is -2.57. The smallest absolute Gasteiger partial charge is 0.462 e. The topological polar surface area (TPSA) is 133 Å². The summed E-state index contributed by atoms with van der Waals surface area (Å²) >= 11 is 0. The summed E-state index contributed by atoms with van der Waals surface area (Å²) in [5.74, 6) is -2.62. The van der Waals surface area contributed by atoms with Crippen molar-refractivity contribution in [1.29, 1.82) is 0 Å². The molecule has 0 amide bonds. The van der Waals surface area contributed by atoms with Gasteiger partial charge in [-0.3, -0.25) is 28.0 Å². The first kappa shape index (κ1) is 66.3. The zero-order chi connectivity index (χ0) is 55.7. The molecule has 434 valence electrons. The molecule has 0 saturated heterocycles. The number of benzene rings is 3. The number of rotatable bonds is 47. The molecule has 3 aromatic carbocycles. The van der Waals surface area contributed by atoms with Crippen LogP contribution >= 0.6 is 7.82 Å². The molecule has 78 heavy (non-hydrogen) atoms. The van der Waals surface area contributed by atoms with Gasteiger partial charge < -0.3 is 18.9 Å². The number of unbranched alkanes of at least 4 members (excludes halogenated alkanes) is 24. The van der Waals surface area contributed by atoms with E-state index in [2.05, 4.69) is 27.0 Å². The summed E-state index contributed by atoms with van der Waals surface area (Å²) in [7, 11) is -4.78. The maximum absolute atomic E-state index is 15.3. The van der Waals surface area contributed by atoms with E-state index in [-0.39, 0.29) is 39.3 Å². The van der Waals surface area contributed by atoms with Crippen LogP contribution < -0.4 is 0 Å². The van der Waals surface area contributed by atoms with Crippen LogP contribution in [0.3, 0.4) is 0 Å². The summed E-state index contributed by atoms with van der Waals surface area (Å²) in [6, 6.07) is 28.1. The van der Waals surface area contributed by atoms with Gasteiger partial charge in [0.05, 0.1) is 32.5 Å². The number of carbonyl (C=O) groups is 3. The van der Waals surface area contributed by atoms with Crippen LogP contribution in [0.1, 0.15) is 210 Å². The molecule has 1 aliphatic rings. The largest absolute Gasteiger partial charge is 0.476 e. The van der Waals surface area contributed by atoms with E-state index in [9.17, 15) is 14.4 Å². The molecule has 12 heteroatoms. The fraction of sp³-hybridized carbons (Fsp3) is 0.621. The second kappa shape index (κ2) is 41.7. The van der Waals surface area contributed by atoms with E-state index in [0.29, 0.717) is 18.4 Å². The number of ketones is 1. The normalized spacial score (nSPS) is 18.5. The van der Waals surface area contributed by atoms with E-state index in [1.165, 1.54) is 116 Å². The maximum Gasteiger partial charge on any atom is 0.476 e. The number of hydrogen-bond donors (Lipinski definition) is 0. The van der Waals surface area contributed by atoms with Gasteiger partial charge in [-0.2, -0.15) is 0 Å². The van der Waals surface area contributed by atoms with Gasteiger partial charge >= 0.3 is 19.8 Å². The summed E-state index contributed by atoms with van der Waals surface area (Å²) in [4.78, 5) is 41.7. The highest BCUT2D eigenvalue weighted by molar-refractivity contribution is 7.48. The minimum Gasteiger partial charge on any atom is -0.462 e. The molecule has 0 N–H and O–H groups in total. The van der Waals surface area contributed by atoms with E-state index < -0.39 is 68.4 Å². The quantitative estimate of drug-likeness (QED) is 0.0232. The Labute approximate surface area is 471 Å². The van der Waals surface area contributed by atoms with Gasteiger partial charge in [0.25, 0.3) is 0 Å². The van der Waals surface area contributed by atoms with E-state index in [1.807, 2.05) is 78.9 Å². The highest BCUT2D eigenvalue weighted by Crippen LogP contribution is 2.54. The Bertz CT molecular complexity index is 2080. The van der Waals surface area contributed by atoms with Gasteiger partial charge in [0.2, 0.25) is 0 Å². The molecule has 0 aliphatic heterocycles. The molecule has 1 aliphatic carbocycles. The lowest BCUT2D eigenvalue weighted by Gasteiger charge is -2.43. The van der Waals surface area contributed by atoms with Crippen molar-refractivity contribution in [3.05, 3.63) is 133 Å². The first-order valence-electron chi connectivity index (χ1n) is 30.3. The van der Waals surface area contributed by atoms with Crippen LogP contribution in [-0.2, 0) is 71.3 Å². The molecular formula is C66H99O11P. The van der Waals surface area contributed by atoms with E-state index >= 15 is 4.57 Å². The Morgan fingerprint density at radius 3 is 1.32 bits per heavy atom. The van der Waals surface area contributed by atoms with Crippen molar-refractivity contribution in [2.24, 2.45) is 11.8 Å². The van der Waals surface area contributed by atoms with Gasteiger partial charge in [-0.25, -0.2) is 4.57 Å². The lowest BCUT2D eigenvalue weighted by atomic mass is 9.73. The Hall–Kier alpha value is -4.22. The zero-order valence-corrected chi connectivity index (χ0v) is 48.9. The summed E-state index contributed by atoms with van der Waals surface area (Å²) in [5.41, 5.74) is 2.36. The first-order chi connectivity index (χ1) is 38.2. The number of hydrogen-bond acceptors (Lipinski definition) is 11. The number of phosphoric ester groups is 1. The molecule has 1 saturated carbocycles. The predicted molar refractivity (Wildman–Crippen MR) is 314 cm³/mol. The van der Waals surface area contributed by atoms with E-state index in [0.717, 1.165) is 49.7 Å². The van der Waals surface area contributed by atoms with Crippen LogP contribution in [0.2, 0.25) is 0 Å². The van der Waals surface area contributed by atoms with Crippen LogP contribution in [-0.4, -0.2) is 55.4 Å². The fourth-order valence-electron chi connectivity index (χ4n) is 10.1. The molecule has 6 unspecified atom stereocenters. The van der Waals surface area contributed by atoms with Crippen LogP contribution in [0.25, 0.3) is 0 Å². The third-order valence-electron chi connectivity index (χ3n) is 14.7. The number of phosphoric acid groups is 1. The molecule has 1 fully saturated rings. The van der Waals surface area contributed by atoms with Crippen molar-refractivity contribution < 1.29 is 51.5 Å². The fourth-order valence-corrected chi connectivity index (χ4v) is 11.4. The van der Waals surface area contributed by atoms with Crippen molar-refractivity contribution in [2.45, 2.75) is 238 Å². The van der Waals surface area contributed by atoms with Gasteiger partial charge in [0.15, 0.2) is 18.0 Å². The molecule has 0 bridgehead atoms. The predicted octanol–water partition coefficient (Wildman–Crippen LogP) is 17.5. The third-order valence-corrected chi connectivity index (χ3v) is 16.1. The number of ether oxygens (including phenoxy) is 4. The van der Waals surface area contributed by atoms with Gasteiger partial charge in [-0.05, 0) is 29.5 Å². The number of carbonyl (C=O) groups excluding carboxylic acids is 3. The summed E-state index contributed by atoms with van der Waals surface area (Å²) in [5, 5.41) is 0. The molecule has 11 nitrogen and oxygen atoms in total. The van der Waals surface area contributed by atoms with Crippen molar-refractivity contribution in [3.63, 3.8) is 0 Å². The Morgan fingerprint density at radius 1 is 0.487 bits per heavy atom. The summed E-state index contributed by atoms with van der Waals surface area (Å²) in [6.07, 6.45) is 29.6. The molecule has 3 aromatic rings. The van der Waals surface area contributed by atoms with Gasteiger partial charge in [-0.15, -0.1) is 13.2 Å². The molecular weight excluding hydrogens is 1000 g/mol. The first-order valence-corrected chi connectivity index (χ1v) is 31.7. The van der Waals surface area contributed by atoms with E-state index in [1.54, 1.807) is 24.3 Å². The van der Waals surface area contributed by atoms with E-state index in [4.69, 9.17) is 32.5 Å². The summed E-state index contributed by atoms with van der Waals surface area (Å²) in [6.45, 7) is 11.9. The molecule has 0 radical (unpaired) electrons. The average Bonchev–Trinajstić information content (AvgIpc) is 3.60. The second-order valence-corrected chi connectivity index (χ2v) is 22.9. The van der Waals surface area contributed by atoms with Crippen molar-refractivity contribution in [1.82, 2.24) is 0 Å². The second-order valence-electron chi connectivity index (χ2n) is 21.3. The molecule has 7 atom stereocenters. The van der Waals surface area contributed by atoms with Crippen LogP contribution in [0, 0.1) is 11.8 Å². The SMILES string of the molecule is C=CC1C(OCc2ccccc2)C(=O)C(OP(=O)(OCc2ccccc2)OC[C@@H](COC(=O)CCCCCCCCCCCCCCC)OC(=O)CCCCCCCCCCCCCCC)C(OCc2ccccc2)C1C=C. The van der Waals surface area contributed by atoms with Crippen LogP contribution in [0.5, 0.6) is 0 Å². The van der Waals surface area contributed by atoms with Crippen molar-refractivity contribution >= 4 is 25.5 Å². The maximum atomic E-state index is 15.3. The highest BCUT2D eigenvalue weighted by Gasteiger charge is 2.53. The number of esters is 2. The number of Topliss-reactive ketones (excluding diaryl/α,β-unsaturated/α-hetero) is 1. The zero-order valence-electron chi connectivity index (χ0n) is 48.0. The van der Waals surface area contributed by atoms with Crippen LogP contribution in [0.4, 0.5) is 0 Å². The molecule has 0 heterocycles. The monoisotopic (exact) mass is 1100 g/mol. The highest BCUT2D eigenvalue weighted by atomic mass is 31.2. The summed E-state index contributed by atoms with van der Waals surface area (Å²) < 4.78 is 58.6. The van der Waals surface area contributed by atoms with Gasteiger partial charge in [0.1, 0.15) is 12.7 Å². The average molecular weight is 1100 g/mol. The van der Waals surface area contributed by atoms with Gasteiger partial charge in [-0.1, -0.05) is 271 Å². The molecule has 4 rings (SSSR count). The third kappa shape index (κ3) is 27.8. The Kier molecular flexibility index (Phi) is 35.5. The van der Waals surface area contributed by atoms with Crippen LogP contribution in [0.15, 0.2) is 116 Å². The minimum absolute atomic E-state index is 0.0976. The minimum atomic E-state index is -4.78. The van der Waals surface area contributed by atoms with Gasteiger partial charge in [0, 0.05) is 24.7 Å². The molecule has 0 aromatic heterocycles. The lowest BCUT2D eigenvalue weighted by molar-refractivity contribution is -0.171. The van der Waals surface area contributed by atoms with Crippen molar-refractivity contribution in [3.8, 4) is 0 Å². The Morgan fingerprint density at radius 2 is 0.885 bits per heavy atom. The molecule has 0 spiro atoms.